The maximum absolute atomic E-state index is 12.6. The van der Waals surface area contributed by atoms with Gasteiger partial charge in [0.25, 0.3) is 0 Å². The van der Waals surface area contributed by atoms with Gasteiger partial charge in [-0.1, -0.05) is 36.4 Å². The van der Waals surface area contributed by atoms with Gasteiger partial charge in [0.1, 0.15) is 0 Å². The Balaban J connectivity index is 2.08. The third-order valence-corrected chi connectivity index (χ3v) is 6.79. The number of Topliss-reactive ketones (excluding diaryl/α,β-unsaturated/α-hetero) is 1. The van der Waals surface area contributed by atoms with Gasteiger partial charge in [0.05, 0.1) is 16.1 Å². The number of hydrogen-bond acceptors (Lipinski definition) is 3. The normalized spacial score (nSPS) is 12.8. The molecule has 0 radical (unpaired) electrons. The minimum Gasteiger partial charge on any atom is -0.294 e. The fraction of sp³-hybridized carbons (Fsp3) is 0.350. The van der Waals surface area contributed by atoms with E-state index in [1.54, 1.807) is 45.0 Å². The number of rotatable bonds is 5. The Morgan fingerprint density at radius 3 is 1.78 bits per heavy atom. The molecule has 2 aromatic rings. The average molecular weight is 398 g/mol. The first-order valence-electron chi connectivity index (χ1n) is 8.30. The van der Waals surface area contributed by atoms with Crippen molar-refractivity contribution in [1.29, 1.82) is 0 Å². The van der Waals surface area contributed by atoms with Gasteiger partial charge in [0, 0.05) is 12.0 Å². The minimum absolute atomic E-state index is 0.0300. The summed E-state index contributed by atoms with van der Waals surface area (Å²) in [4.78, 5) is 12.3. The van der Waals surface area contributed by atoms with Crippen molar-refractivity contribution in [2.45, 2.75) is 43.9 Å². The zero-order valence-electron chi connectivity index (χ0n) is 15.3. The van der Waals surface area contributed by atoms with E-state index in [0.717, 1.165) is 12.1 Å². The fourth-order valence-corrected chi connectivity index (χ4v) is 3.39. The molecule has 0 aliphatic heterocycles. The van der Waals surface area contributed by atoms with Gasteiger partial charge in [0.2, 0.25) is 0 Å². The first kappa shape index (κ1) is 21.2. The lowest BCUT2D eigenvalue weighted by atomic mass is 10.0. The van der Waals surface area contributed by atoms with E-state index in [4.69, 9.17) is 0 Å². The molecule has 0 aromatic heterocycles. The van der Waals surface area contributed by atoms with Crippen molar-refractivity contribution >= 4 is 15.6 Å². The molecule has 0 amide bonds. The number of halogens is 3. The smallest absolute Gasteiger partial charge is 0.294 e. The van der Waals surface area contributed by atoms with Crippen LogP contribution in [0, 0.1) is 0 Å². The number of carbonyl (C=O) groups excluding carboxylic acids is 1. The van der Waals surface area contributed by atoms with Crippen molar-refractivity contribution in [2.24, 2.45) is 0 Å². The van der Waals surface area contributed by atoms with Crippen LogP contribution in [0.25, 0.3) is 0 Å². The molecule has 146 valence electrons. The molecule has 0 bridgehead atoms. The Bertz CT molecular complexity index is 905. The molecular weight excluding hydrogens is 377 g/mol. The Labute approximate surface area is 157 Å². The Kier molecular flexibility index (Phi) is 5.85. The van der Waals surface area contributed by atoms with E-state index in [1.165, 1.54) is 12.1 Å². The quantitative estimate of drug-likeness (QED) is 0.677. The number of alkyl halides is 3. The first-order valence-corrected chi connectivity index (χ1v) is 9.95. The number of ketones is 1. The SMILES string of the molecule is CC(C)(C)S(=O)(=O)Cc1ccc(C(=O)Cc2ccc(C(F)(F)F)cc2)cc1. The van der Waals surface area contributed by atoms with Gasteiger partial charge in [-0.2, -0.15) is 13.2 Å². The maximum Gasteiger partial charge on any atom is 0.416 e. The van der Waals surface area contributed by atoms with Crippen molar-refractivity contribution < 1.29 is 26.4 Å². The molecule has 27 heavy (non-hydrogen) atoms. The molecule has 0 aliphatic rings. The highest BCUT2D eigenvalue weighted by Crippen LogP contribution is 2.29. The molecule has 0 saturated heterocycles. The molecule has 0 unspecified atom stereocenters. The molecule has 0 spiro atoms. The third kappa shape index (κ3) is 5.42. The van der Waals surface area contributed by atoms with Gasteiger partial charge < -0.3 is 0 Å². The van der Waals surface area contributed by atoms with Crippen LogP contribution in [0.5, 0.6) is 0 Å². The third-order valence-electron chi connectivity index (χ3n) is 4.21. The highest BCUT2D eigenvalue weighted by molar-refractivity contribution is 7.91. The molecule has 2 rings (SSSR count). The minimum atomic E-state index is -4.41. The van der Waals surface area contributed by atoms with E-state index >= 15 is 0 Å². The number of sulfone groups is 1. The second-order valence-electron chi connectivity index (χ2n) is 7.36. The predicted molar refractivity (Wildman–Crippen MR) is 98.3 cm³/mol. The molecule has 0 heterocycles. The average Bonchev–Trinajstić information content (AvgIpc) is 2.53. The van der Waals surface area contributed by atoms with Gasteiger partial charge >= 0.3 is 6.18 Å². The summed E-state index contributed by atoms with van der Waals surface area (Å²) in [7, 11) is -3.33. The summed E-state index contributed by atoms with van der Waals surface area (Å²) in [5.74, 6) is -0.371. The topological polar surface area (TPSA) is 51.2 Å². The van der Waals surface area contributed by atoms with E-state index in [1.807, 2.05) is 0 Å². The summed E-state index contributed by atoms with van der Waals surface area (Å²) in [5.41, 5.74) is 0.679. The largest absolute Gasteiger partial charge is 0.416 e. The number of hydrogen-bond donors (Lipinski definition) is 0. The molecule has 0 aliphatic carbocycles. The van der Waals surface area contributed by atoms with Crippen LogP contribution in [-0.4, -0.2) is 18.9 Å². The molecule has 0 saturated carbocycles. The van der Waals surface area contributed by atoms with Gasteiger partial charge in [0.15, 0.2) is 15.6 Å². The van der Waals surface area contributed by atoms with E-state index in [2.05, 4.69) is 0 Å². The lowest BCUT2D eigenvalue weighted by Crippen LogP contribution is -2.29. The van der Waals surface area contributed by atoms with Crippen molar-refractivity contribution in [3.63, 3.8) is 0 Å². The molecule has 7 heteroatoms. The van der Waals surface area contributed by atoms with Crippen LogP contribution in [0.15, 0.2) is 48.5 Å². The van der Waals surface area contributed by atoms with E-state index in [-0.39, 0.29) is 18.0 Å². The molecule has 3 nitrogen and oxygen atoms in total. The van der Waals surface area contributed by atoms with Crippen LogP contribution in [-0.2, 0) is 28.2 Å². The maximum atomic E-state index is 12.6. The highest BCUT2D eigenvalue weighted by atomic mass is 32.2. The van der Waals surface area contributed by atoms with Gasteiger partial charge in [-0.05, 0) is 44.0 Å². The van der Waals surface area contributed by atoms with Crippen LogP contribution in [0.2, 0.25) is 0 Å². The Morgan fingerprint density at radius 1 is 0.852 bits per heavy atom. The van der Waals surface area contributed by atoms with Crippen molar-refractivity contribution in [3.8, 4) is 0 Å². The second-order valence-corrected chi connectivity index (χ2v) is 10.1. The van der Waals surface area contributed by atoms with E-state index in [9.17, 15) is 26.4 Å². The molecular formula is C20H21F3O3S. The van der Waals surface area contributed by atoms with Crippen LogP contribution >= 0.6 is 0 Å². The van der Waals surface area contributed by atoms with E-state index in [0.29, 0.717) is 16.7 Å². The molecule has 0 fully saturated rings. The van der Waals surface area contributed by atoms with Gasteiger partial charge in [-0.3, -0.25) is 4.79 Å². The Morgan fingerprint density at radius 2 is 1.33 bits per heavy atom. The van der Waals surface area contributed by atoms with Crippen LogP contribution in [0.4, 0.5) is 13.2 Å². The van der Waals surface area contributed by atoms with Crippen LogP contribution in [0.1, 0.15) is 47.8 Å². The zero-order valence-corrected chi connectivity index (χ0v) is 16.1. The number of benzene rings is 2. The van der Waals surface area contributed by atoms with Crippen molar-refractivity contribution in [2.75, 3.05) is 0 Å². The second kappa shape index (κ2) is 7.46. The lowest BCUT2D eigenvalue weighted by Gasteiger charge is -2.19. The zero-order chi connectivity index (χ0) is 20.5. The highest BCUT2D eigenvalue weighted by Gasteiger charge is 2.30. The van der Waals surface area contributed by atoms with Crippen LogP contribution < -0.4 is 0 Å². The van der Waals surface area contributed by atoms with Crippen LogP contribution in [0.3, 0.4) is 0 Å². The fourth-order valence-electron chi connectivity index (χ4n) is 2.32. The van der Waals surface area contributed by atoms with Gasteiger partial charge in [-0.15, -0.1) is 0 Å². The summed E-state index contributed by atoms with van der Waals surface area (Å²) in [6.07, 6.45) is -4.44. The number of carbonyl (C=O) groups is 1. The molecule has 0 N–H and O–H groups in total. The standard InChI is InChI=1S/C20H21F3O3S/c1-19(2,3)27(25,26)13-15-4-8-16(9-5-15)18(24)12-14-6-10-17(11-7-14)20(21,22)23/h4-11H,12-13H2,1-3H3. The molecule has 2 aromatic carbocycles. The van der Waals surface area contributed by atoms with Crippen molar-refractivity contribution in [3.05, 3.63) is 70.8 Å². The summed E-state index contributed by atoms with van der Waals surface area (Å²) in [5, 5.41) is 0. The van der Waals surface area contributed by atoms with E-state index < -0.39 is 26.3 Å². The van der Waals surface area contributed by atoms with Gasteiger partial charge in [-0.25, -0.2) is 8.42 Å². The summed E-state index contributed by atoms with van der Waals surface area (Å²) in [6, 6.07) is 10.7. The summed E-state index contributed by atoms with van der Waals surface area (Å²) >= 11 is 0. The summed E-state index contributed by atoms with van der Waals surface area (Å²) in [6.45, 7) is 4.89. The first-order chi connectivity index (χ1) is 12.3. The predicted octanol–water partition coefficient (Wildman–Crippen LogP) is 4.84. The Hall–Kier alpha value is -2.15. The monoisotopic (exact) mass is 398 g/mol. The lowest BCUT2D eigenvalue weighted by molar-refractivity contribution is -0.137. The molecule has 0 atom stereocenters. The summed E-state index contributed by atoms with van der Waals surface area (Å²) < 4.78 is 61.3. The van der Waals surface area contributed by atoms with Crippen molar-refractivity contribution in [1.82, 2.24) is 0 Å².